The highest BCUT2D eigenvalue weighted by atomic mass is 16.6. The Bertz CT molecular complexity index is 106. The summed E-state index contributed by atoms with van der Waals surface area (Å²) in [5, 5.41) is 18.0. The molecule has 60 valence electrons. The maximum Gasteiger partial charge on any atom is 0.157 e. The molecule has 0 amide bonds. The van der Waals surface area contributed by atoms with Crippen LogP contribution in [0.2, 0.25) is 0 Å². The molecular weight excluding hydrogens is 136 g/mol. The van der Waals surface area contributed by atoms with Crippen LogP contribution in [0.3, 0.4) is 0 Å². The fourth-order valence-corrected chi connectivity index (χ4v) is 0.994. The minimum absolute atomic E-state index is 0.152. The van der Waals surface area contributed by atoms with Crippen molar-refractivity contribution in [3.8, 4) is 0 Å². The minimum atomic E-state index is -0.784. The lowest BCUT2D eigenvalue weighted by Gasteiger charge is -2.29. The van der Waals surface area contributed by atoms with E-state index in [0.717, 1.165) is 0 Å². The van der Waals surface area contributed by atoms with E-state index in [0.29, 0.717) is 6.42 Å². The van der Waals surface area contributed by atoms with E-state index in [4.69, 9.17) is 19.7 Å². The fraction of sp³-hybridized carbons (Fsp3) is 1.00. The molecule has 4 heteroatoms. The lowest BCUT2D eigenvalue weighted by Crippen LogP contribution is -2.42. The third-order valence-corrected chi connectivity index (χ3v) is 1.63. The van der Waals surface area contributed by atoms with Crippen LogP contribution in [0.25, 0.3) is 0 Å². The predicted octanol–water partition coefficient (Wildman–Crippen LogP) is -0.899. The van der Waals surface area contributed by atoms with Crippen LogP contribution < -0.4 is 0 Å². The first-order chi connectivity index (χ1) is 4.74. The molecule has 0 aromatic rings. The number of ether oxygens (including phenoxy) is 2. The summed E-state index contributed by atoms with van der Waals surface area (Å²) >= 11 is 0. The minimum Gasteiger partial charge on any atom is -0.388 e. The molecule has 1 heterocycles. The van der Waals surface area contributed by atoms with Crippen LogP contribution in [0, 0.1) is 0 Å². The highest BCUT2D eigenvalue weighted by Crippen LogP contribution is 2.14. The zero-order chi connectivity index (χ0) is 7.56. The Morgan fingerprint density at radius 1 is 1.50 bits per heavy atom. The van der Waals surface area contributed by atoms with Crippen molar-refractivity contribution in [2.24, 2.45) is 0 Å². The maximum absolute atomic E-state index is 9.13. The van der Waals surface area contributed by atoms with Gasteiger partial charge in [0, 0.05) is 13.5 Å². The smallest absolute Gasteiger partial charge is 0.157 e. The van der Waals surface area contributed by atoms with Gasteiger partial charge in [-0.05, 0) is 0 Å². The number of hydrogen-bond acceptors (Lipinski definition) is 4. The number of aliphatic hydroxyl groups is 2. The van der Waals surface area contributed by atoms with Gasteiger partial charge in [-0.25, -0.2) is 0 Å². The van der Waals surface area contributed by atoms with Crippen LogP contribution in [0.1, 0.15) is 6.42 Å². The summed E-state index contributed by atoms with van der Waals surface area (Å²) in [4.78, 5) is 0. The molecule has 0 saturated carbocycles. The topological polar surface area (TPSA) is 58.9 Å². The molecular formula is C6H12O4. The van der Waals surface area contributed by atoms with Gasteiger partial charge in [0.05, 0.1) is 12.7 Å². The molecule has 10 heavy (non-hydrogen) atoms. The lowest BCUT2D eigenvalue weighted by molar-refractivity contribution is -0.199. The molecule has 1 rings (SSSR count). The van der Waals surface area contributed by atoms with Crippen molar-refractivity contribution in [2.45, 2.75) is 24.9 Å². The monoisotopic (exact) mass is 148 g/mol. The molecule has 0 aromatic heterocycles. The summed E-state index contributed by atoms with van der Waals surface area (Å²) in [6.07, 6.45) is -1.33. The van der Waals surface area contributed by atoms with Crippen molar-refractivity contribution < 1.29 is 19.7 Å². The molecule has 1 fully saturated rings. The molecule has 0 aliphatic carbocycles. The van der Waals surface area contributed by atoms with Crippen LogP contribution >= 0.6 is 0 Å². The quantitative estimate of drug-likeness (QED) is 0.506. The number of rotatable bonds is 1. The van der Waals surface area contributed by atoms with Gasteiger partial charge in [0.25, 0.3) is 0 Å². The lowest BCUT2D eigenvalue weighted by atomic mass is 10.1. The van der Waals surface area contributed by atoms with Crippen molar-refractivity contribution in [1.29, 1.82) is 0 Å². The summed E-state index contributed by atoms with van der Waals surface area (Å²) < 4.78 is 9.63. The Labute approximate surface area is 59.4 Å². The SMILES string of the molecule is CO[C@H]1C[C@H](O)OC[C@@H]1O. The van der Waals surface area contributed by atoms with Gasteiger partial charge < -0.3 is 19.7 Å². The second kappa shape index (κ2) is 3.30. The number of methoxy groups -OCH3 is 1. The molecule has 2 N–H and O–H groups in total. The highest BCUT2D eigenvalue weighted by Gasteiger charge is 2.28. The van der Waals surface area contributed by atoms with E-state index in [2.05, 4.69) is 0 Å². The molecule has 0 aromatic carbocycles. The summed E-state index contributed by atoms with van der Waals surface area (Å²) in [5.74, 6) is 0. The molecule has 1 saturated heterocycles. The molecule has 0 spiro atoms. The third kappa shape index (κ3) is 1.67. The van der Waals surface area contributed by atoms with Gasteiger partial charge in [-0.2, -0.15) is 0 Å². The van der Waals surface area contributed by atoms with E-state index in [9.17, 15) is 0 Å². The van der Waals surface area contributed by atoms with Gasteiger partial charge in [0.2, 0.25) is 0 Å². The van der Waals surface area contributed by atoms with Gasteiger partial charge in [-0.3, -0.25) is 0 Å². The Balaban J connectivity index is 2.38. The molecule has 0 unspecified atom stereocenters. The summed E-state index contributed by atoms with van der Waals surface area (Å²) in [6.45, 7) is 0.152. The Morgan fingerprint density at radius 2 is 2.20 bits per heavy atom. The molecule has 4 nitrogen and oxygen atoms in total. The first-order valence-corrected chi connectivity index (χ1v) is 3.24. The first-order valence-electron chi connectivity index (χ1n) is 3.24. The van der Waals surface area contributed by atoms with Crippen LogP contribution in [0.4, 0.5) is 0 Å². The van der Waals surface area contributed by atoms with E-state index in [1.807, 2.05) is 0 Å². The van der Waals surface area contributed by atoms with Gasteiger partial charge >= 0.3 is 0 Å². The molecule has 1 aliphatic heterocycles. The maximum atomic E-state index is 9.13. The van der Waals surface area contributed by atoms with Crippen LogP contribution in [0.5, 0.6) is 0 Å². The van der Waals surface area contributed by atoms with E-state index in [-0.39, 0.29) is 12.7 Å². The predicted molar refractivity (Wildman–Crippen MR) is 33.4 cm³/mol. The van der Waals surface area contributed by atoms with Crippen molar-refractivity contribution in [2.75, 3.05) is 13.7 Å². The molecule has 0 radical (unpaired) electrons. The fourth-order valence-electron chi connectivity index (χ4n) is 0.994. The standard InChI is InChI=1S/C6H12O4/c1-9-5-2-6(8)10-3-4(5)7/h4-8H,2-3H2,1H3/t4-,5-,6+/m0/s1. The second-order valence-corrected chi connectivity index (χ2v) is 2.37. The zero-order valence-corrected chi connectivity index (χ0v) is 5.86. The van der Waals surface area contributed by atoms with Crippen LogP contribution in [-0.2, 0) is 9.47 Å². The Hall–Kier alpha value is -0.160. The van der Waals surface area contributed by atoms with E-state index in [1.54, 1.807) is 0 Å². The van der Waals surface area contributed by atoms with Crippen molar-refractivity contribution in [3.05, 3.63) is 0 Å². The van der Waals surface area contributed by atoms with Crippen molar-refractivity contribution >= 4 is 0 Å². The van der Waals surface area contributed by atoms with E-state index in [1.165, 1.54) is 7.11 Å². The normalized spacial score (nSPS) is 41.7. The van der Waals surface area contributed by atoms with E-state index >= 15 is 0 Å². The van der Waals surface area contributed by atoms with Crippen molar-refractivity contribution in [1.82, 2.24) is 0 Å². The largest absolute Gasteiger partial charge is 0.388 e. The molecule has 0 bridgehead atoms. The van der Waals surface area contributed by atoms with E-state index < -0.39 is 12.4 Å². The second-order valence-electron chi connectivity index (χ2n) is 2.37. The zero-order valence-electron chi connectivity index (χ0n) is 5.86. The van der Waals surface area contributed by atoms with Crippen LogP contribution in [-0.4, -0.2) is 42.4 Å². The number of hydrogen-bond donors (Lipinski definition) is 2. The molecule has 1 aliphatic rings. The van der Waals surface area contributed by atoms with Gasteiger partial charge in [-0.15, -0.1) is 0 Å². The molecule has 3 atom stereocenters. The Kier molecular flexibility index (Phi) is 2.62. The highest BCUT2D eigenvalue weighted by molar-refractivity contribution is 4.73. The number of aliphatic hydroxyl groups excluding tert-OH is 2. The van der Waals surface area contributed by atoms with Gasteiger partial charge in [-0.1, -0.05) is 0 Å². The Morgan fingerprint density at radius 3 is 2.70 bits per heavy atom. The third-order valence-electron chi connectivity index (χ3n) is 1.63. The average Bonchev–Trinajstić information content (AvgIpc) is 1.94. The summed E-state index contributed by atoms with van der Waals surface area (Å²) in [7, 11) is 1.51. The van der Waals surface area contributed by atoms with Gasteiger partial charge in [0.15, 0.2) is 6.29 Å². The summed E-state index contributed by atoms with van der Waals surface area (Å²) in [5.41, 5.74) is 0. The summed E-state index contributed by atoms with van der Waals surface area (Å²) in [6, 6.07) is 0. The first kappa shape index (κ1) is 7.94. The average molecular weight is 148 g/mol. The van der Waals surface area contributed by atoms with Crippen molar-refractivity contribution in [3.63, 3.8) is 0 Å². The van der Waals surface area contributed by atoms with Gasteiger partial charge in [0.1, 0.15) is 6.10 Å². The van der Waals surface area contributed by atoms with Crippen LogP contribution in [0.15, 0.2) is 0 Å².